The Morgan fingerprint density at radius 2 is 1.61 bits per heavy atom. The second kappa shape index (κ2) is 8.10. The molecule has 0 spiro atoms. The topological polar surface area (TPSA) is 52.0 Å². The van der Waals surface area contributed by atoms with E-state index >= 15 is 0 Å². The normalized spacial score (nSPS) is 19.2. The molecule has 1 N–H and O–H groups in total. The van der Waals surface area contributed by atoms with E-state index in [0.717, 1.165) is 23.8 Å². The zero-order valence-corrected chi connectivity index (χ0v) is 18.3. The van der Waals surface area contributed by atoms with Crippen LogP contribution in [-0.2, 0) is 0 Å². The van der Waals surface area contributed by atoms with Crippen LogP contribution in [0.5, 0.6) is 5.75 Å². The molecule has 162 valence electrons. The van der Waals surface area contributed by atoms with Crippen LogP contribution in [0.25, 0.3) is 5.57 Å². The molecule has 6 rings (SSSR count). The Morgan fingerprint density at radius 3 is 2.33 bits per heavy atom. The van der Waals surface area contributed by atoms with E-state index in [4.69, 9.17) is 4.74 Å². The van der Waals surface area contributed by atoms with E-state index in [1.807, 2.05) is 16.8 Å². The van der Waals surface area contributed by atoms with Gasteiger partial charge < -0.3 is 10.1 Å². The average Bonchev–Trinajstić information content (AvgIpc) is 3.36. The molecule has 0 bridgehead atoms. The van der Waals surface area contributed by atoms with Gasteiger partial charge >= 0.3 is 0 Å². The van der Waals surface area contributed by atoms with E-state index in [9.17, 15) is 0 Å². The first-order valence-corrected chi connectivity index (χ1v) is 11.2. The largest absolute Gasteiger partial charge is 0.497 e. The summed E-state index contributed by atoms with van der Waals surface area (Å²) < 4.78 is 7.43. The first-order valence-electron chi connectivity index (χ1n) is 11.2. The van der Waals surface area contributed by atoms with Gasteiger partial charge in [0.1, 0.15) is 18.1 Å². The first-order chi connectivity index (χ1) is 16.3. The van der Waals surface area contributed by atoms with Crippen molar-refractivity contribution in [1.82, 2.24) is 14.8 Å². The minimum absolute atomic E-state index is 0.0272. The lowest BCUT2D eigenvalue weighted by Gasteiger charge is -2.37. The molecule has 0 amide bonds. The maximum atomic E-state index is 5.42. The number of nitrogens with one attached hydrogen (secondary N) is 1. The molecule has 2 aliphatic rings. The molecule has 0 unspecified atom stereocenters. The van der Waals surface area contributed by atoms with E-state index < -0.39 is 0 Å². The van der Waals surface area contributed by atoms with Crippen molar-refractivity contribution in [3.05, 3.63) is 125 Å². The fraction of sp³-hybridized carbons (Fsp3) is 0.143. The summed E-state index contributed by atoms with van der Waals surface area (Å²) in [6.07, 6.45) is 4.82. The average molecular weight is 433 g/mol. The maximum Gasteiger partial charge on any atom is 0.226 e. The van der Waals surface area contributed by atoms with Gasteiger partial charge in [-0.2, -0.15) is 10.1 Å². The number of hydrogen-bond acceptors (Lipinski definition) is 4. The van der Waals surface area contributed by atoms with Crippen LogP contribution in [0.2, 0.25) is 0 Å². The van der Waals surface area contributed by atoms with Crippen molar-refractivity contribution < 1.29 is 4.74 Å². The van der Waals surface area contributed by atoms with Crippen LogP contribution >= 0.6 is 0 Å². The van der Waals surface area contributed by atoms with Gasteiger partial charge in [0.05, 0.1) is 7.11 Å². The van der Waals surface area contributed by atoms with Crippen LogP contribution in [0.4, 0.5) is 5.95 Å². The number of methoxy groups -OCH3 is 1. The quantitative estimate of drug-likeness (QED) is 0.441. The van der Waals surface area contributed by atoms with Gasteiger partial charge in [0, 0.05) is 11.6 Å². The highest BCUT2D eigenvalue weighted by molar-refractivity contribution is 5.75. The lowest BCUT2D eigenvalue weighted by molar-refractivity contribution is 0.414. The summed E-state index contributed by atoms with van der Waals surface area (Å²) in [7, 11) is 1.70. The molecule has 0 saturated heterocycles. The van der Waals surface area contributed by atoms with Crippen molar-refractivity contribution >= 4 is 11.5 Å². The highest BCUT2D eigenvalue weighted by atomic mass is 16.5. The molecule has 1 aromatic heterocycles. The molecule has 2 atom stereocenters. The summed E-state index contributed by atoms with van der Waals surface area (Å²) in [4.78, 5) is 4.50. The SMILES string of the molecule is COc1ccc([C@@H]2CC(c3ccccc3)=CC3=C2[C@@H](c2ccccc2)n2ncnc2N3)cc1. The van der Waals surface area contributed by atoms with Gasteiger partial charge in [0.15, 0.2) is 0 Å². The molecule has 2 heterocycles. The molecular formula is C28H24N4O. The van der Waals surface area contributed by atoms with Gasteiger partial charge in [-0.3, -0.25) is 0 Å². The Bertz CT molecular complexity index is 1340. The summed E-state index contributed by atoms with van der Waals surface area (Å²) in [6.45, 7) is 0. The van der Waals surface area contributed by atoms with E-state index in [2.05, 4.69) is 94.3 Å². The van der Waals surface area contributed by atoms with Crippen molar-refractivity contribution in [1.29, 1.82) is 0 Å². The zero-order valence-electron chi connectivity index (χ0n) is 18.3. The summed E-state index contributed by atoms with van der Waals surface area (Å²) in [5.74, 6) is 1.81. The highest BCUT2D eigenvalue weighted by Crippen LogP contribution is 2.49. The second-order valence-electron chi connectivity index (χ2n) is 8.40. The number of fused-ring (bicyclic) bond motifs is 1. The molecule has 0 radical (unpaired) electrons. The van der Waals surface area contributed by atoms with Crippen molar-refractivity contribution in [2.45, 2.75) is 18.4 Å². The predicted molar refractivity (Wildman–Crippen MR) is 130 cm³/mol. The number of benzene rings is 3. The third kappa shape index (κ3) is 3.42. The number of anilines is 1. The Morgan fingerprint density at radius 1 is 0.879 bits per heavy atom. The monoisotopic (exact) mass is 432 g/mol. The van der Waals surface area contributed by atoms with Crippen LogP contribution < -0.4 is 10.1 Å². The highest BCUT2D eigenvalue weighted by Gasteiger charge is 2.37. The van der Waals surface area contributed by atoms with Crippen molar-refractivity contribution in [2.24, 2.45) is 0 Å². The number of rotatable bonds is 4. The van der Waals surface area contributed by atoms with Crippen LogP contribution in [-0.4, -0.2) is 21.9 Å². The zero-order chi connectivity index (χ0) is 22.2. The molecule has 0 saturated carbocycles. The van der Waals surface area contributed by atoms with Crippen molar-refractivity contribution in [2.75, 3.05) is 12.4 Å². The van der Waals surface area contributed by atoms with E-state index in [1.165, 1.54) is 27.8 Å². The Labute approximate surface area is 193 Å². The van der Waals surface area contributed by atoms with E-state index in [0.29, 0.717) is 0 Å². The third-order valence-electron chi connectivity index (χ3n) is 6.57. The van der Waals surface area contributed by atoms with Crippen LogP contribution in [0, 0.1) is 0 Å². The Kier molecular flexibility index (Phi) is 4.80. The Hall–Kier alpha value is -4.12. The summed E-state index contributed by atoms with van der Waals surface area (Å²) in [5.41, 5.74) is 7.43. The predicted octanol–water partition coefficient (Wildman–Crippen LogP) is 5.83. The van der Waals surface area contributed by atoms with Crippen LogP contribution in [0.1, 0.15) is 35.1 Å². The molecule has 1 aliphatic heterocycles. The molecule has 0 fully saturated rings. The fourth-order valence-corrected chi connectivity index (χ4v) is 5.00. The fourth-order valence-electron chi connectivity index (χ4n) is 5.00. The molecular weight excluding hydrogens is 408 g/mol. The summed E-state index contributed by atoms with van der Waals surface area (Å²) in [6, 6.07) is 29.6. The second-order valence-corrected chi connectivity index (χ2v) is 8.40. The molecule has 33 heavy (non-hydrogen) atoms. The minimum Gasteiger partial charge on any atom is -0.497 e. The van der Waals surface area contributed by atoms with Gasteiger partial charge in [-0.05, 0) is 52.5 Å². The summed E-state index contributed by atoms with van der Waals surface area (Å²) >= 11 is 0. The molecule has 3 aromatic carbocycles. The van der Waals surface area contributed by atoms with Crippen LogP contribution in [0.3, 0.4) is 0 Å². The van der Waals surface area contributed by atoms with Crippen molar-refractivity contribution in [3.8, 4) is 5.75 Å². The number of allylic oxidation sites excluding steroid dienone is 3. The van der Waals surface area contributed by atoms with Gasteiger partial charge in [0.2, 0.25) is 5.95 Å². The number of aromatic nitrogens is 3. The van der Waals surface area contributed by atoms with Gasteiger partial charge in [0.25, 0.3) is 0 Å². The standard InChI is InChI=1S/C28H24N4O/c1-33-23-14-12-20(13-15-23)24-16-22(19-8-4-2-5-9-19)17-25-26(24)27(21-10-6-3-7-11-21)32-28(31-25)29-18-30-32/h2-15,17-18,24,27H,16H2,1H3,(H,29,30,31)/t24-,27+/m0/s1. The van der Waals surface area contributed by atoms with Gasteiger partial charge in [-0.15, -0.1) is 0 Å². The third-order valence-corrected chi connectivity index (χ3v) is 6.57. The molecule has 5 heteroatoms. The van der Waals surface area contributed by atoms with Gasteiger partial charge in [-0.1, -0.05) is 72.8 Å². The van der Waals surface area contributed by atoms with Crippen LogP contribution in [0.15, 0.2) is 109 Å². The van der Waals surface area contributed by atoms with Gasteiger partial charge in [-0.25, -0.2) is 4.68 Å². The Balaban J connectivity index is 1.56. The molecule has 1 aliphatic carbocycles. The number of nitrogens with zero attached hydrogens (tertiary/aromatic N) is 3. The first kappa shape index (κ1) is 19.6. The smallest absolute Gasteiger partial charge is 0.226 e. The molecule has 5 nitrogen and oxygen atoms in total. The van der Waals surface area contributed by atoms with E-state index in [-0.39, 0.29) is 12.0 Å². The molecule has 4 aromatic rings. The number of ether oxygens (including phenoxy) is 1. The number of hydrogen-bond donors (Lipinski definition) is 1. The van der Waals surface area contributed by atoms with Crippen molar-refractivity contribution in [3.63, 3.8) is 0 Å². The lowest BCUT2D eigenvalue weighted by Crippen LogP contribution is -2.30. The van der Waals surface area contributed by atoms with E-state index in [1.54, 1.807) is 13.4 Å². The summed E-state index contributed by atoms with van der Waals surface area (Å²) in [5, 5.41) is 8.18. The lowest BCUT2D eigenvalue weighted by atomic mass is 9.74. The minimum atomic E-state index is -0.0272. The maximum absolute atomic E-state index is 5.42.